The van der Waals surface area contributed by atoms with Gasteiger partial charge in [-0.25, -0.2) is 9.07 Å². The lowest BCUT2D eigenvalue weighted by atomic mass is 10.0. The number of carbonyl (C=O) groups is 1. The molecule has 1 fully saturated rings. The van der Waals surface area contributed by atoms with E-state index < -0.39 is 11.7 Å². The Bertz CT molecular complexity index is 1520. The van der Waals surface area contributed by atoms with Crippen molar-refractivity contribution in [3.63, 3.8) is 0 Å². The number of benzene rings is 1. The van der Waals surface area contributed by atoms with Crippen LogP contribution in [-0.4, -0.2) is 25.8 Å². The van der Waals surface area contributed by atoms with Crippen molar-refractivity contribution >= 4 is 29.2 Å². The molecule has 3 N–H and O–H groups in total. The monoisotopic (exact) mass is 505 g/mol. The summed E-state index contributed by atoms with van der Waals surface area (Å²) < 4.78 is 20.2. The van der Waals surface area contributed by atoms with E-state index in [1.54, 1.807) is 29.9 Å². The molecule has 3 heterocycles. The number of rotatable bonds is 6. The lowest BCUT2D eigenvalue weighted by molar-refractivity contribution is -0.117. The first-order valence-corrected chi connectivity index (χ1v) is 11.6. The van der Waals surface area contributed by atoms with Gasteiger partial charge in [-0.3, -0.25) is 15.1 Å². The summed E-state index contributed by atoms with van der Waals surface area (Å²) in [4.78, 5) is 17.3. The maximum absolute atomic E-state index is 13.3. The molecular weight excluding hydrogens is 485 g/mol. The van der Waals surface area contributed by atoms with Crippen LogP contribution in [-0.2, 0) is 10.3 Å². The number of hydrogen-bond donors (Lipinski definition) is 2. The Hall–Kier alpha value is -4.23. The van der Waals surface area contributed by atoms with Gasteiger partial charge in [0, 0.05) is 17.8 Å². The van der Waals surface area contributed by atoms with Crippen LogP contribution in [0.3, 0.4) is 0 Å². The Labute approximate surface area is 210 Å². The van der Waals surface area contributed by atoms with E-state index in [0.29, 0.717) is 34.0 Å². The van der Waals surface area contributed by atoms with Crippen LogP contribution in [0.15, 0.2) is 47.1 Å². The molecule has 1 atom stereocenters. The second-order valence-corrected chi connectivity index (χ2v) is 9.42. The molecule has 0 spiro atoms. The van der Waals surface area contributed by atoms with Gasteiger partial charge in [0.1, 0.15) is 34.7 Å². The molecule has 0 radical (unpaired) electrons. The molecule has 1 unspecified atom stereocenters. The molecule has 1 saturated carbocycles. The molecule has 0 aliphatic heterocycles. The van der Waals surface area contributed by atoms with E-state index in [4.69, 9.17) is 21.9 Å². The van der Waals surface area contributed by atoms with Gasteiger partial charge in [0.05, 0.1) is 22.2 Å². The number of nitrogen functional groups attached to an aromatic ring is 1. The highest BCUT2D eigenvalue weighted by Crippen LogP contribution is 2.45. The van der Waals surface area contributed by atoms with Gasteiger partial charge in [-0.1, -0.05) is 22.8 Å². The van der Waals surface area contributed by atoms with Gasteiger partial charge in [-0.2, -0.15) is 10.4 Å². The molecule has 1 aliphatic carbocycles. The number of nitrogens with zero attached hydrogens (tertiary/aromatic N) is 5. The van der Waals surface area contributed by atoms with Crippen molar-refractivity contribution in [2.75, 3.05) is 11.1 Å². The van der Waals surface area contributed by atoms with Gasteiger partial charge in [-0.05, 0) is 56.5 Å². The van der Waals surface area contributed by atoms with Crippen LogP contribution in [0.5, 0.6) is 0 Å². The lowest BCUT2D eigenvalue weighted by Gasteiger charge is -2.11. The van der Waals surface area contributed by atoms with E-state index in [1.807, 2.05) is 6.92 Å². The van der Waals surface area contributed by atoms with Gasteiger partial charge < -0.3 is 10.3 Å². The number of nitrogens with one attached hydrogen (secondary N) is 1. The quantitative estimate of drug-likeness (QED) is 0.372. The smallest absolute Gasteiger partial charge is 0.234 e. The largest absolute Gasteiger partial charge is 0.383 e. The number of amides is 1. The molecular formula is C25H21ClFN7O2. The number of pyridine rings is 1. The fraction of sp³-hybridized carbons (Fsp3) is 0.240. The van der Waals surface area contributed by atoms with E-state index in [-0.39, 0.29) is 27.9 Å². The van der Waals surface area contributed by atoms with Crippen LogP contribution in [0.1, 0.15) is 43.7 Å². The van der Waals surface area contributed by atoms with Crippen LogP contribution in [0, 0.1) is 17.1 Å². The van der Waals surface area contributed by atoms with Crippen molar-refractivity contribution in [2.24, 2.45) is 0 Å². The molecule has 0 bridgehead atoms. The summed E-state index contributed by atoms with van der Waals surface area (Å²) in [6.07, 6.45) is 3.47. The van der Waals surface area contributed by atoms with Crippen LogP contribution in [0.25, 0.3) is 22.6 Å². The summed E-state index contributed by atoms with van der Waals surface area (Å²) in [5, 5.41) is 20.9. The minimum absolute atomic E-state index is 0.125. The highest BCUT2D eigenvalue weighted by molar-refractivity contribution is 6.33. The van der Waals surface area contributed by atoms with Gasteiger partial charge in [-0.15, -0.1) is 0 Å². The van der Waals surface area contributed by atoms with Crippen molar-refractivity contribution in [1.82, 2.24) is 19.9 Å². The summed E-state index contributed by atoms with van der Waals surface area (Å²) in [5.41, 5.74) is 8.71. The zero-order chi connectivity index (χ0) is 25.6. The molecule has 0 saturated heterocycles. The number of carbonyl (C=O) groups excluding carboxylic acids is 1. The zero-order valence-corrected chi connectivity index (χ0v) is 20.2. The third kappa shape index (κ3) is 4.18. The number of aromatic nitrogens is 4. The summed E-state index contributed by atoms with van der Waals surface area (Å²) in [6, 6.07) is 11.0. The molecule has 1 amide bonds. The van der Waals surface area contributed by atoms with Gasteiger partial charge in [0.15, 0.2) is 0 Å². The number of halogens is 2. The third-order valence-corrected chi connectivity index (χ3v) is 6.72. The summed E-state index contributed by atoms with van der Waals surface area (Å²) in [6.45, 7) is 3.77. The van der Waals surface area contributed by atoms with E-state index in [2.05, 4.69) is 26.6 Å². The second-order valence-electron chi connectivity index (χ2n) is 9.02. The van der Waals surface area contributed by atoms with Crippen LogP contribution in [0.2, 0.25) is 5.02 Å². The van der Waals surface area contributed by atoms with Crippen molar-refractivity contribution in [1.29, 1.82) is 5.26 Å². The molecule has 182 valence electrons. The third-order valence-electron chi connectivity index (χ3n) is 6.40. The van der Waals surface area contributed by atoms with Gasteiger partial charge in [0.2, 0.25) is 11.8 Å². The van der Waals surface area contributed by atoms with Crippen LogP contribution >= 0.6 is 11.6 Å². The Morgan fingerprint density at radius 1 is 1.31 bits per heavy atom. The molecule has 1 aromatic carbocycles. The molecule has 11 heteroatoms. The number of nitrogens with two attached hydrogens (primary N) is 1. The summed E-state index contributed by atoms with van der Waals surface area (Å²) in [5.74, 6) is -0.921. The molecule has 4 aromatic rings. The molecule has 1 aliphatic rings. The Kier molecular flexibility index (Phi) is 5.73. The normalized spacial score (nSPS) is 14.8. The van der Waals surface area contributed by atoms with E-state index in [0.717, 1.165) is 12.8 Å². The SMILES string of the molecule is CC(C(=O)Nc1cc(-c2ccc(F)cc2Cl)no1)c1ccc(-c2nn(C3(C)CC3)c(N)c2C#N)nc1. The molecule has 36 heavy (non-hydrogen) atoms. The van der Waals surface area contributed by atoms with E-state index in [1.165, 1.54) is 24.3 Å². The Morgan fingerprint density at radius 3 is 2.72 bits per heavy atom. The van der Waals surface area contributed by atoms with Gasteiger partial charge >= 0.3 is 0 Å². The highest BCUT2D eigenvalue weighted by Gasteiger charge is 2.43. The standard InChI is InChI=1S/C25H21ClFN7O2/c1-13(24(35)31-21-10-20(33-36-21)16-5-4-15(27)9-18(16)26)14-3-6-19(30-12-14)22-17(11-28)23(29)34(32-22)25(2)7-8-25/h3-6,9-10,12-13H,7-8,29H2,1-2H3,(H,31,35). The second kappa shape index (κ2) is 8.77. The number of hydrogen-bond acceptors (Lipinski definition) is 7. The average Bonchev–Trinajstić information content (AvgIpc) is 3.28. The van der Waals surface area contributed by atoms with Crippen molar-refractivity contribution in [3.8, 4) is 28.7 Å². The Balaban J connectivity index is 1.31. The predicted octanol–water partition coefficient (Wildman–Crippen LogP) is 5.10. The molecule has 5 rings (SSSR count). The average molecular weight is 506 g/mol. The van der Waals surface area contributed by atoms with Crippen molar-refractivity contribution < 1.29 is 13.7 Å². The van der Waals surface area contributed by atoms with E-state index in [9.17, 15) is 14.4 Å². The number of nitriles is 1. The van der Waals surface area contributed by atoms with Crippen LogP contribution in [0.4, 0.5) is 16.1 Å². The molecule has 3 aromatic heterocycles. The fourth-order valence-corrected chi connectivity index (χ4v) is 4.13. The maximum Gasteiger partial charge on any atom is 0.234 e. The molecule has 9 nitrogen and oxygen atoms in total. The number of anilines is 2. The zero-order valence-electron chi connectivity index (χ0n) is 19.4. The van der Waals surface area contributed by atoms with Gasteiger partial charge in [0.25, 0.3) is 0 Å². The first-order valence-electron chi connectivity index (χ1n) is 11.2. The minimum atomic E-state index is -0.571. The summed E-state index contributed by atoms with van der Waals surface area (Å²) in [7, 11) is 0. The first kappa shape index (κ1) is 23.5. The first-order chi connectivity index (χ1) is 17.2. The Morgan fingerprint density at radius 2 is 2.08 bits per heavy atom. The van der Waals surface area contributed by atoms with Crippen molar-refractivity contribution in [3.05, 3.63) is 64.6 Å². The lowest BCUT2D eigenvalue weighted by Crippen LogP contribution is -2.18. The maximum atomic E-state index is 13.3. The minimum Gasteiger partial charge on any atom is -0.383 e. The summed E-state index contributed by atoms with van der Waals surface area (Å²) >= 11 is 6.07. The highest BCUT2D eigenvalue weighted by atomic mass is 35.5. The fourth-order valence-electron chi connectivity index (χ4n) is 3.87. The van der Waals surface area contributed by atoms with E-state index >= 15 is 0 Å². The van der Waals surface area contributed by atoms with Crippen molar-refractivity contribution in [2.45, 2.75) is 38.1 Å². The topological polar surface area (TPSA) is 136 Å². The predicted molar refractivity (Wildman–Crippen MR) is 131 cm³/mol. The van der Waals surface area contributed by atoms with Crippen LogP contribution < -0.4 is 11.1 Å².